The van der Waals surface area contributed by atoms with Gasteiger partial charge in [0.15, 0.2) is 0 Å². The molecule has 0 saturated carbocycles. The van der Waals surface area contributed by atoms with Gasteiger partial charge in [-0.2, -0.15) is 0 Å². The summed E-state index contributed by atoms with van der Waals surface area (Å²) in [7, 11) is 4.22. The van der Waals surface area contributed by atoms with E-state index in [1.54, 1.807) is 0 Å². The number of hydrogen-bond acceptors (Lipinski definition) is 2. The second-order valence-electron chi connectivity index (χ2n) is 5.21. The van der Waals surface area contributed by atoms with Gasteiger partial charge in [0.1, 0.15) is 0 Å². The first-order chi connectivity index (χ1) is 9.29. The van der Waals surface area contributed by atoms with E-state index >= 15 is 0 Å². The minimum absolute atomic E-state index is 0. The summed E-state index contributed by atoms with van der Waals surface area (Å²) < 4.78 is 0. The highest BCUT2D eigenvalue weighted by atomic mass is 35.5. The Hall–Kier alpha value is -1.51. The lowest BCUT2D eigenvalue weighted by Gasteiger charge is -2.30. The smallest absolute Gasteiger partial charge is 0.0441 e. The van der Waals surface area contributed by atoms with Crippen LogP contribution in [0.1, 0.15) is 11.1 Å². The van der Waals surface area contributed by atoms with Crippen molar-refractivity contribution in [3.63, 3.8) is 0 Å². The number of para-hydroxylation sites is 2. The summed E-state index contributed by atoms with van der Waals surface area (Å²) in [5.74, 6) is 0. The van der Waals surface area contributed by atoms with Crippen LogP contribution in [0.4, 0.5) is 11.4 Å². The van der Waals surface area contributed by atoms with Gasteiger partial charge in [0.2, 0.25) is 0 Å². The average Bonchev–Trinajstić information content (AvgIpc) is 2.45. The molecule has 0 saturated heterocycles. The van der Waals surface area contributed by atoms with Crippen molar-refractivity contribution in [2.75, 3.05) is 19.0 Å². The Morgan fingerprint density at radius 1 is 0.900 bits per heavy atom. The van der Waals surface area contributed by atoms with Crippen LogP contribution in [0.25, 0.3) is 0 Å². The van der Waals surface area contributed by atoms with Crippen LogP contribution in [0.3, 0.4) is 0 Å². The first-order valence-corrected chi connectivity index (χ1v) is 6.86. The van der Waals surface area contributed by atoms with Gasteiger partial charge >= 0.3 is 0 Å². The number of anilines is 2. The largest absolute Gasteiger partial charge is 0.344 e. The molecule has 2 nitrogen and oxygen atoms in total. The summed E-state index contributed by atoms with van der Waals surface area (Å²) in [5, 5.41) is 3.45. The number of benzene rings is 2. The second-order valence-corrected chi connectivity index (χ2v) is 5.21. The molecule has 0 bridgehead atoms. The van der Waals surface area contributed by atoms with Crippen LogP contribution in [0.5, 0.6) is 0 Å². The maximum Gasteiger partial charge on any atom is 0.0441 e. The molecule has 1 aliphatic rings. The fourth-order valence-corrected chi connectivity index (χ4v) is 2.96. The summed E-state index contributed by atoms with van der Waals surface area (Å²) in [6.07, 6.45) is 2.15. The molecule has 0 spiro atoms. The first kappa shape index (κ1) is 14.9. The molecule has 0 aromatic heterocycles. The van der Waals surface area contributed by atoms with E-state index < -0.39 is 0 Å². The number of likely N-dealkylation sites (N-methyl/N-ethyl adjacent to an activating group) is 1. The molecule has 20 heavy (non-hydrogen) atoms. The van der Waals surface area contributed by atoms with Gasteiger partial charge in [-0.15, -0.1) is 12.4 Å². The van der Waals surface area contributed by atoms with E-state index in [0.717, 1.165) is 12.8 Å². The molecule has 2 aromatic rings. The van der Waals surface area contributed by atoms with E-state index in [-0.39, 0.29) is 12.4 Å². The molecule has 1 heterocycles. The van der Waals surface area contributed by atoms with Gasteiger partial charge in [0.25, 0.3) is 0 Å². The summed E-state index contributed by atoms with van der Waals surface area (Å²) in [6.45, 7) is 0. The van der Waals surface area contributed by atoms with E-state index in [1.165, 1.54) is 22.5 Å². The molecule has 0 unspecified atom stereocenters. The Balaban J connectivity index is 0.00000147. The molecular weight excluding hydrogens is 268 g/mol. The highest BCUT2D eigenvalue weighted by Crippen LogP contribution is 2.33. The molecule has 1 aliphatic heterocycles. The van der Waals surface area contributed by atoms with E-state index in [4.69, 9.17) is 0 Å². The van der Waals surface area contributed by atoms with Crippen molar-refractivity contribution in [3.05, 3.63) is 59.7 Å². The summed E-state index contributed by atoms with van der Waals surface area (Å²) in [6, 6.07) is 17.9. The van der Waals surface area contributed by atoms with Crippen molar-refractivity contribution < 1.29 is 0 Å². The minimum Gasteiger partial charge on any atom is -0.344 e. The van der Waals surface area contributed by atoms with Crippen molar-refractivity contribution >= 4 is 23.8 Å². The van der Waals surface area contributed by atoms with E-state index in [0.29, 0.717) is 6.04 Å². The predicted octanol–water partition coefficient (Wildman–Crippen LogP) is 3.56. The van der Waals surface area contributed by atoms with Crippen LogP contribution >= 0.6 is 12.4 Å². The van der Waals surface area contributed by atoms with Crippen molar-refractivity contribution in [3.8, 4) is 0 Å². The van der Waals surface area contributed by atoms with E-state index in [9.17, 15) is 0 Å². The van der Waals surface area contributed by atoms with Crippen molar-refractivity contribution in [1.82, 2.24) is 5.32 Å². The van der Waals surface area contributed by atoms with E-state index in [2.05, 4.69) is 72.8 Å². The molecule has 3 rings (SSSR count). The second kappa shape index (κ2) is 6.29. The molecule has 1 N–H and O–H groups in total. The Bertz CT molecular complexity index is 533. The van der Waals surface area contributed by atoms with Gasteiger partial charge in [-0.25, -0.2) is 0 Å². The first-order valence-electron chi connectivity index (χ1n) is 6.86. The normalized spacial score (nSPS) is 14.6. The number of fused-ring (bicyclic) bond motifs is 2. The standard InChI is InChI=1S/C17H20N2.ClH/c1-18-15-11-13-7-3-5-9-16(13)19(2)17-10-6-4-8-14(17)12-15;/h3-10,15,18H,11-12H2,1-2H3;1H. The number of halogens is 1. The highest BCUT2D eigenvalue weighted by Gasteiger charge is 2.20. The number of hydrogen-bond donors (Lipinski definition) is 1. The molecule has 0 amide bonds. The lowest BCUT2D eigenvalue weighted by molar-refractivity contribution is 0.554. The van der Waals surface area contributed by atoms with Crippen LogP contribution < -0.4 is 10.2 Å². The molecule has 0 atom stereocenters. The van der Waals surface area contributed by atoms with Crippen LogP contribution in [0.15, 0.2) is 48.5 Å². The Kier molecular flexibility index (Phi) is 4.69. The zero-order chi connectivity index (χ0) is 13.2. The van der Waals surface area contributed by atoms with Crippen molar-refractivity contribution in [1.29, 1.82) is 0 Å². The van der Waals surface area contributed by atoms with Gasteiger partial charge in [0.05, 0.1) is 0 Å². The Labute approximate surface area is 127 Å². The summed E-state index contributed by atoms with van der Waals surface area (Å²) >= 11 is 0. The van der Waals surface area contributed by atoms with Gasteiger partial charge in [-0.1, -0.05) is 36.4 Å². The Morgan fingerprint density at radius 2 is 1.35 bits per heavy atom. The van der Waals surface area contributed by atoms with Crippen molar-refractivity contribution in [2.24, 2.45) is 0 Å². The van der Waals surface area contributed by atoms with Gasteiger partial charge in [-0.3, -0.25) is 0 Å². The third-order valence-corrected chi connectivity index (χ3v) is 4.05. The zero-order valence-corrected chi connectivity index (χ0v) is 12.8. The van der Waals surface area contributed by atoms with Crippen LogP contribution in [-0.2, 0) is 12.8 Å². The molecule has 3 heteroatoms. The summed E-state index contributed by atoms with van der Waals surface area (Å²) in [5.41, 5.74) is 5.46. The predicted molar refractivity (Wildman–Crippen MR) is 88.5 cm³/mol. The monoisotopic (exact) mass is 288 g/mol. The topological polar surface area (TPSA) is 15.3 Å². The van der Waals surface area contributed by atoms with E-state index in [1.807, 2.05) is 0 Å². The lowest BCUT2D eigenvalue weighted by Crippen LogP contribution is -2.32. The minimum atomic E-state index is 0. The number of nitrogens with zero attached hydrogens (tertiary/aromatic N) is 1. The third-order valence-electron chi connectivity index (χ3n) is 4.05. The molecule has 106 valence electrons. The Morgan fingerprint density at radius 3 is 1.80 bits per heavy atom. The average molecular weight is 289 g/mol. The SMILES string of the molecule is CNC1Cc2ccccc2N(C)c2ccccc2C1.Cl. The molecular formula is C17H21ClN2. The molecule has 0 fully saturated rings. The number of rotatable bonds is 1. The maximum absolute atomic E-state index is 3.45. The van der Waals surface area contributed by atoms with Gasteiger partial charge in [0, 0.05) is 24.5 Å². The highest BCUT2D eigenvalue weighted by molar-refractivity contribution is 5.85. The number of nitrogens with one attached hydrogen (secondary N) is 1. The lowest BCUT2D eigenvalue weighted by atomic mass is 9.94. The van der Waals surface area contributed by atoms with Crippen molar-refractivity contribution in [2.45, 2.75) is 18.9 Å². The molecule has 2 aromatic carbocycles. The molecule has 0 radical (unpaired) electrons. The zero-order valence-electron chi connectivity index (χ0n) is 12.0. The summed E-state index contributed by atoms with van der Waals surface area (Å²) in [4.78, 5) is 2.32. The maximum atomic E-state index is 3.45. The van der Waals surface area contributed by atoms with Crippen LogP contribution in [0.2, 0.25) is 0 Å². The third kappa shape index (κ3) is 2.67. The fourth-order valence-electron chi connectivity index (χ4n) is 2.96. The fraction of sp³-hybridized carbons (Fsp3) is 0.294. The van der Waals surface area contributed by atoms with Crippen LogP contribution in [0, 0.1) is 0 Å². The van der Waals surface area contributed by atoms with Crippen LogP contribution in [-0.4, -0.2) is 20.1 Å². The molecule has 0 aliphatic carbocycles. The van der Waals surface area contributed by atoms with Gasteiger partial charge < -0.3 is 10.2 Å². The quantitative estimate of drug-likeness (QED) is 0.863. The van der Waals surface area contributed by atoms with Gasteiger partial charge in [-0.05, 0) is 43.1 Å².